The van der Waals surface area contributed by atoms with Crippen molar-refractivity contribution < 1.29 is 17.7 Å². The summed E-state index contributed by atoms with van der Waals surface area (Å²) in [5.41, 5.74) is 3.75. The van der Waals surface area contributed by atoms with Crippen LogP contribution in [0.1, 0.15) is 6.92 Å². The van der Waals surface area contributed by atoms with Crippen molar-refractivity contribution in [3.63, 3.8) is 0 Å². The number of pyridine rings is 1. The maximum atomic E-state index is 9.56. The summed E-state index contributed by atoms with van der Waals surface area (Å²) in [4.78, 5) is 12.5. The molecule has 2 aromatic carbocycles. The lowest BCUT2D eigenvalue weighted by atomic mass is 10.2. The molecule has 140 valence electrons. The summed E-state index contributed by atoms with van der Waals surface area (Å²) in [5, 5.41) is 1.05. The van der Waals surface area contributed by atoms with Gasteiger partial charge in [-0.2, -0.15) is 8.42 Å². The Kier molecular flexibility index (Phi) is 5.38. The quantitative estimate of drug-likeness (QED) is 0.521. The van der Waals surface area contributed by atoms with Crippen molar-refractivity contribution in [3.8, 4) is 17.1 Å². The Balaban J connectivity index is 0.000000307. The second-order valence-corrected chi connectivity index (χ2v) is 7.44. The van der Waals surface area contributed by atoms with Gasteiger partial charge in [0.2, 0.25) is 0 Å². The molecule has 8 heteroatoms. The Morgan fingerprint density at radius 1 is 1.11 bits per heavy atom. The van der Waals surface area contributed by atoms with Gasteiger partial charge in [0.25, 0.3) is 10.1 Å². The van der Waals surface area contributed by atoms with Crippen molar-refractivity contribution in [3.05, 3.63) is 54.7 Å². The third-order valence-corrected chi connectivity index (χ3v) is 4.68. The van der Waals surface area contributed by atoms with Crippen LogP contribution >= 0.6 is 0 Å². The second-order valence-electron chi connectivity index (χ2n) is 5.69. The average molecular weight is 385 g/mol. The van der Waals surface area contributed by atoms with E-state index in [4.69, 9.17) is 14.3 Å². The topological polar surface area (TPSA) is 105 Å². The Morgan fingerprint density at radius 2 is 1.78 bits per heavy atom. The first-order valence-electron chi connectivity index (χ1n) is 8.25. The highest BCUT2D eigenvalue weighted by Gasteiger charge is 2.12. The molecule has 27 heavy (non-hydrogen) atoms. The van der Waals surface area contributed by atoms with Crippen LogP contribution in [0.25, 0.3) is 33.3 Å². The predicted octanol–water partition coefficient (Wildman–Crippen LogP) is 3.68. The number of hydrogen-bond donors (Lipinski definition) is 2. The fraction of sp³-hybridized carbons (Fsp3) is 0.158. The molecule has 0 atom stereocenters. The lowest BCUT2D eigenvalue weighted by Gasteiger charge is -2.04. The molecule has 0 saturated carbocycles. The zero-order chi connectivity index (χ0) is 19.4. The van der Waals surface area contributed by atoms with E-state index in [2.05, 4.69) is 9.97 Å². The van der Waals surface area contributed by atoms with Crippen LogP contribution in [0.15, 0.2) is 54.7 Å². The molecule has 0 aliphatic carbocycles. The third-order valence-electron chi connectivity index (χ3n) is 3.95. The minimum absolute atomic E-state index is 0.201. The number of nitrogens with one attached hydrogen (secondary N) is 1. The van der Waals surface area contributed by atoms with Crippen LogP contribution in [0.5, 0.6) is 5.75 Å². The van der Waals surface area contributed by atoms with Crippen molar-refractivity contribution >= 4 is 32.1 Å². The second kappa shape index (κ2) is 7.73. The summed E-state index contributed by atoms with van der Waals surface area (Å²) in [7, 11) is -2.00. The van der Waals surface area contributed by atoms with Crippen LogP contribution in [0.2, 0.25) is 0 Å². The molecule has 0 fully saturated rings. The van der Waals surface area contributed by atoms with E-state index in [1.165, 1.54) is 6.92 Å². The van der Waals surface area contributed by atoms with Crippen LogP contribution in [-0.4, -0.2) is 40.8 Å². The molecular formula is C19H19N3O4S. The first kappa shape index (κ1) is 18.8. The number of ether oxygens (including phenoxy) is 1. The molecule has 0 bridgehead atoms. The van der Waals surface area contributed by atoms with E-state index >= 15 is 0 Å². The van der Waals surface area contributed by atoms with Gasteiger partial charge in [-0.15, -0.1) is 0 Å². The van der Waals surface area contributed by atoms with Crippen molar-refractivity contribution in [1.82, 2.24) is 15.0 Å². The van der Waals surface area contributed by atoms with Crippen LogP contribution < -0.4 is 4.74 Å². The molecule has 0 saturated heterocycles. The first-order chi connectivity index (χ1) is 12.9. The molecule has 7 nitrogen and oxygen atoms in total. The minimum atomic E-state index is -3.66. The largest absolute Gasteiger partial charge is 0.496 e. The molecule has 2 aromatic heterocycles. The maximum Gasteiger partial charge on any atom is 0.264 e. The van der Waals surface area contributed by atoms with Crippen LogP contribution in [0, 0.1) is 0 Å². The molecule has 4 rings (SSSR count). The standard InChI is InChI=1S/C17H13N3O.C2H6O3S/c1-21-15-9-5-3-7-12(15)17-19-14-10-18-13-8-4-2-6-11(13)16(14)20-17;1-2-6(3,4)5/h2-10H,1H3,(H,19,20);2H2,1H3,(H,3,4,5). The third kappa shape index (κ3) is 4.24. The smallest absolute Gasteiger partial charge is 0.264 e. The van der Waals surface area contributed by atoms with Crippen LogP contribution in [0.3, 0.4) is 0 Å². The van der Waals surface area contributed by atoms with E-state index in [-0.39, 0.29) is 5.75 Å². The van der Waals surface area contributed by atoms with Crippen molar-refractivity contribution in [2.75, 3.05) is 12.9 Å². The van der Waals surface area contributed by atoms with Gasteiger partial charge in [-0.05, 0) is 25.1 Å². The van der Waals surface area contributed by atoms with Gasteiger partial charge in [0, 0.05) is 5.39 Å². The Hall–Kier alpha value is -2.97. The molecule has 2 N–H and O–H groups in total. The van der Waals surface area contributed by atoms with Gasteiger partial charge >= 0.3 is 0 Å². The van der Waals surface area contributed by atoms with Crippen molar-refractivity contribution in [1.29, 1.82) is 0 Å². The minimum Gasteiger partial charge on any atom is -0.496 e. The molecular weight excluding hydrogens is 366 g/mol. The molecule has 2 heterocycles. The van der Waals surface area contributed by atoms with Gasteiger partial charge in [-0.1, -0.05) is 30.3 Å². The van der Waals surface area contributed by atoms with E-state index in [9.17, 15) is 8.42 Å². The summed E-state index contributed by atoms with van der Waals surface area (Å²) < 4.78 is 32.3. The highest BCUT2D eigenvalue weighted by molar-refractivity contribution is 7.85. The van der Waals surface area contributed by atoms with E-state index in [1.54, 1.807) is 7.11 Å². The van der Waals surface area contributed by atoms with Gasteiger partial charge < -0.3 is 9.72 Å². The summed E-state index contributed by atoms with van der Waals surface area (Å²) >= 11 is 0. The number of para-hydroxylation sites is 2. The van der Waals surface area contributed by atoms with E-state index in [1.807, 2.05) is 54.7 Å². The monoisotopic (exact) mass is 385 g/mol. The first-order valence-corrected chi connectivity index (χ1v) is 9.86. The normalized spacial score (nSPS) is 11.2. The number of fused-ring (bicyclic) bond motifs is 3. The van der Waals surface area contributed by atoms with Crippen molar-refractivity contribution in [2.24, 2.45) is 0 Å². The molecule has 0 aliphatic heterocycles. The van der Waals surface area contributed by atoms with Crippen LogP contribution in [0.4, 0.5) is 0 Å². The number of nitrogens with zero attached hydrogens (tertiary/aromatic N) is 2. The van der Waals surface area contributed by atoms with E-state index < -0.39 is 10.1 Å². The Bertz CT molecular complexity index is 1190. The van der Waals surface area contributed by atoms with Crippen molar-refractivity contribution in [2.45, 2.75) is 6.92 Å². The molecule has 0 aliphatic rings. The summed E-state index contributed by atoms with van der Waals surface area (Å²) in [6.45, 7) is 1.37. The maximum absolute atomic E-state index is 9.56. The highest BCUT2D eigenvalue weighted by atomic mass is 32.2. The SMILES string of the molecule is CCS(=O)(=O)O.COc1ccccc1-c1nc2c(cnc3ccccc32)[nH]1. The number of H-pyrrole nitrogens is 1. The number of benzene rings is 2. The number of aromatic nitrogens is 3. The number of hydrogen-bond acceptors (Lipinski definition) is 5. The molecule has 4 aromatic rings. The number of imidazole rings is 1. The number of rotatable bonds is 3. The average Bonchev–Trinajstić information content (AvgIpc) is 3.12. The summed E-state index contributed by atoms with van der Waals surface area (Å²) in [5.74, 6) is 1.39. The van der Waals surface area contributed by atoms with E-state index in [0.717, 1.165) is 39.1 Å². The number of aromatic amines is 1. The zero-order valence-corrected chi connectivity index (χ0v) is 15.7. The fourth-order valence-electron chi connectivity index (χ4n) is 2.57. The summed E-state index contributed by atoms with van der Waals surface area (Å²) in [6.07, 6.45) is 1.82. The van der Waals surface area contributed by atoms with Crippen LogP contribution in [-0.2, 0) is 10.1 Å². The molecule has 0 radical (unpaired) electrons. The predicted molar refractivity (Wildman–Crippen MR) is 105 cm³/mol. The lowest BCUT2D eigenvalue weighted by molar-refractivity contribution is 0.416. The van der Waals surface area contributed by atoms with Gasteiger partial charge in [-0.25, -0.2) is 4.98 Å². The Labute approximate surface area is 156 Å². The molecule has 0 unspecified atom stereocenters. The van der Waals surface area contributed by atoms with Gasteiger partial charge in [0.05, 0.1) is 41.2 Å². The van der Waals surface area contributed by atoms with Gasteiger partial charge in [0.15, 0.2) is 0 Å². The molecule has 0 amide bonds. The molecule has 0 spiro atoms. The zero-order valence-electron chi connectivity index (χ0n) is 14.9. The van der Waals surface area contributed by atoms with Gasteiger partial charge in [0.1, 0.15) is 11.6 Å². The lowest BCUT2D eigenvalue weighted by Crippen LogP contribution is -1.97. The summed E-state index contributed by atoms with van der Waals surface area (Å²) in [6, 6.07) is 15.9. The highest BCUT2D eigenvalue weighted by Crippen LogP contribution is 2.30. The fourth-order valence-corrected chi connectivity index (χ4v) is 2.57. The number of methoxy groups -OCH3 is 1. The van der Waals surface area contributed by atoms with E-state index in [0.29, 0.717) is 0 Å². The Morgan fingerprint density at radius 3 is 2.48 bits per heavy atom. The van der Waals surface area contributed by atoms with Gasteiger partial charge in [-0.3, -0.25) is 9.54 Å².